The summed E-state index contributed by atoms with van der Waals surface area (Å²) < 4.78 is 159. The molecule has 0 radical (unpaired) electrons. The number of rotatable bonds is 10. The number of azo groups is 2. The molecule has 0 fully saturated rings. The van der Waals surface area contributed by atoms with Gasteiger partial charge in [0.25, 0.3) is 40.5 Å². The third-order valence-corrected chi connectivity index (χ3v) is 10.5. The Morgan fingerprint density at radius 2 is 1.18 bits per heavy atom. The average molecular weight is 808 g/mol. The summed E-state index contributed by atoms with van der Waals surface area (Å²) >= 11 is -2.93. The van der Waals surface area contributed by atoms with Gasteiger partial charge in [-0.05, 0) is 59.6 Å². The average Bonchev–Trinajstić information content (AvgIpc) is 2.97. The number of nitrogens with two attached hydrogens (primary N) is 1. The first-order valence-electron chi connectivity index (χ1n) is 12.8. The van der Waals surface area contributed by atoms with Gasteiger partial charge in [0.05, 0.1) is 5.69 Å². The standard InChI is InChI=1S/C24H20N6O16S5/c1-10(31)26-11-6-18(49(38,39)40)22(19(7-11)50(41,42)43)29-30-23-20(51(44,45)46)9-14-13(24(23)32)3-4-15(25)21(14)28-27-16-5-2-12(47(33)34)8-17(16)48(35,36)37/h2-9,32H,25H2,1H3,(H,26,31)(H,33,34)(H,35,36,37)(H,38,39,40)(H,41,42,43)(H,44,45,46)/p-1. The molecule has 0 saturated heterocycles. The lowest BCUT2D eigenvalue weighted by Gasteiger charge is -2.13. The second-order valence-corrected chi connectivity index (χ2v) is 16.3. The number of fused-ring (bicyclic) bond motifs is 1. The van der Waals surface area contributed by atoms with Crippen LogP contribution in [0.3, 0.4) is 0 Å². The molecule has 22 nitrogen and oxygen atoms in total. The van der Waals surface area contributed by atoms with Gasteiger partial charge in [-0.25, -0.2) is 0 Å². The number of hydrogen-bond acceptors (Lipinski definition) is 17. The Labute approximate surface area is 289 Å². The lowest BCUT2D eigenvalue weighted by atomic mass is 10.1. The van der Waals surface area contributed by atoms with Crippen molar-refractivity contribution < 1.29 is 70.5 Å². The van der Waals surface area contributed by atoms with E-state index in [-0.39, 0.29) is 5.69 Å². The molecule has 0 saturated carbocycles. The Balaban J connectivity index is 2.03. The molecule has 0 bridgehead atoms. The Bertz CT molecular complexity index is 2640. The maximum absolute atomic E-state index is 12.5. The van der Waals surface area contributed by atoms with Crippen LogP contribution in [-0.2, 0) is 56.3 Å². The maximum atomic E-state index is 12.5. The van der Waals surface area contributed by atoms with E-state index in [4.69, 9.17) is 5.73 Å². The molecule has 0 aromatic heterocycles. The van der Waals surface area contributed by atoms with Crippen molar-refractivity contribution in [2.45, 2.75) is 31.4 Å². The van der Waals surface area contributed by atoms with Crippen LogP contribution < -0.4 is 11.1 Å². The van der Waals surface area contributed by atoms with Crippen LogP contribution in [0.15, 0.2) is 93.5 Å². The van der Waals surface area contributed by atoms with E-state index in [2.05, 4.69) is 20.5 Å². The highest BCUT2D eigenvalue weighted by Gasteiger charge is 2.29. The van der Waals surface area contributed by atoms with Crippen molar-refractivity contribution in [1.82, 2.24) is 0 Å². The van der Waals surface area contributed by atoms with Crippen molar-refractivity contribution in [1.29, 1.82) is 0 Å². The normalized spacial score (nSPS) is 13.6. The van der Waals surface area contributed by atoms with Crippen molar-refractivity contribution in [3.8, 4) is 5.75 Å². The molecule has 0 aliphatic carbocycles. The number of nitrogens with zero attached hydrogens (tertiary/aromatic N) is 4. The van der Waals surface area contributed by atoms with Crippen LogP contribution >= 0.6 is 0 Å². The van der Waals surface area contributed by atoms with Crippen molar-refractivity contribution in [3.63, 3.8) is 0 Å². The first-order valence-corrected chi connectivity index (χ1v) is 19.6. The molecule has 4 aromatic rings. The number of aromatic hydroxyl groups is 1. The number of carbonyl (C=O) groups is 1. The van der Waals surface area contributed by atoms with Gasteiger partial charge in [-0.2, -0.15) is 33.7 Å². The van der Waals surface area contributed by atoms with E-state index >= 15 is 0 Å². The van der Waals surface area contributed by atoms with Crippen molar-refractivity contribution >= 4 is 102 Å². The maximum Gasteiger partial charge on any atom is 0.296 e. The van der Waals surface area contributed by atoms with Crippen LogP contribution in [0, 0.1) is 0 Å². The van der Waals surface area contributed by atoms with Crippen LogP contribution in [0.25, 0.3) is 10.8 Å². The van der Waals surface area contributed by atoms with Gasteiger partial charge in [0.2, 0.25) is 5.91 Å². The summed E-state index contributed by atoms with van der Waals surface area (Å²) in [5.41, 5.74) is 1.39. The molecule has 4 aromatic carbocycles. The highest BCUT2D eigenvalue weighted by atomic mass is 32.2. The molecular formula is C24H19N6O16S5-. The number of anilines is 2. The summed E-state index contributed by atoms with van der Waals surface area (Å²) in [5, 5.41) is 26.5. The Morgan fingerprint density at radius 1 is 0.686 bits per heavy atom. The second kappa shape index (κ2) is 13.7. The number of nitrogen functional groups attached to an aromatic ring is 1. The lowest BCUT2D eigenvalue weighted by Crippen LogP contribution is -2.10. The first kappa shape index (κ1) is 39.0. The molecular weight excluding hydrogens is 789 g/mol. The molecule has 8 N–H and O–H groups in total. The predicted molar refractivity (Wildman–Crippen MR) is 172 cm³/mol. The molecule has 0 aliphatic heterocycles. The van der Waals surface area contributed by atoms with Crippen molar-refractivity contribution in [2.75, 3.05) is 11.1 Å². The molecule has 4 rings (SSSR count). The van der Waals surface area contributed by atoms with Crippen LogP contribution in [0.4, 0.5) is 34.1 Å². The lowest BCUT2D eigenvalue weighted by molar-refractivity contribution is -0.114. The van der Waals surface area contributed by atoms with Crippen molar-refractivity contribution in [3.05, 3.63) is 48.5 Å². The Morgan fingerprint density at radius 3 is 1.67 bits per heavy atom. The van der Waals surface area contributed by atoms with Gasteiger partial charge < -0.3 is 20.7 Å². The van der Waals surface area contributed by atoms with Gasteiger partial charge in [-0.3, -0.25) is 27.2 Å². The molecule has 27 heteroatoms. The second-order valence-electron chi connectivity index (χ2n) is 9.84. The number of nitrogens with one attached hydrogen (secondary N) is 1. The SMILES string of the molecule is CC(=O)Nc1cc(S(=O)(=O)O)c(N=Nc2c(S(=O)(=O)O)cc3c(N=Nc4ccc(S(=O)[O-])cc4S(=O)(=O)O)c(N)ccc3c2O)c(S(=O)(=O)O)c1. The topological polar surface area (TPSA) is 382 Å². The fourth-order valence-electron chi connectivity index (χ4n) is 4.27. The van der Waals surface area contributed by atoms with Crippen LogP contribution in [0.5, 0.6) is 5.75 Å². The first-order chi connectivity index (χ1) is 23.3. The molecule has 0 heterocycles. The smallest absolute Gasteiger partial charge is 0.296 e. The zero-order chi connectivity index (χ0) is 38.4. The van der Waals surface area contributed by atoms with E-state index in [1.165, 1.54) is 0 Å². The minimum atomic E-state index is -5.47. The van der Waals surface area contributed by atoms with Gasteiger partial charge in [0.1, 0.15) is 42.3 Å². The summed E-state index contributed by atoms with van der Waals surface area (Å²) in [4.78, 5) is 5.84. The third kappa shape index (κ3) is 8.56. The molecule has 1 atom stereocenters. The Kier molecular flexibility index (Phi) is 10.5. The summed E-state index contributed by atoms with van der Waals surface area (Å²) in [6, 6.07) is 5.98. The van der Waals surface area contributed by atoms with E-state index in [9.17, 15) is 70.5 Å². The number of carbonyl (C=O) groups excluding carboxylic acids is 1. The van der Waals surface area contributed by atoms with Crippen LogP contribution in [0.1, 0.15) is 6.92 Å². The number of hydrogen-bond donors (Lipinski definition) is 7. The summed E-state index contributed by atoms with van der Waals surface area (Å²) in [5.74, 6) is -2.02. The molecule has 1 amide bonds. The number of phenols is 1. The van der Waals surface area contributed by atoms with E-state index in [0.717, 1.165) is 31.2 Å². The fourth-order valence-corrected chi connectivity index (χ4v) is 7.44. The minimum absolute atomic E-state index is 0.318. The zero-order valence-electron chi connectivity index (χ0n) is 24.8. The minimum Gasteiger partial charge on any atom is -0.768 e. The van der Waals surface area contributed by atoms with E-state index < -0.39 is 127 Å². The fraction of sp³-hybridized carbons (Fsp3) is 0.0417. The third-order valence-electron chi connectivity index (χ3n) is 6.34. The monoisotopic (exact) mass is 807 g/mol. The van der Waals surface area contributed by atoms with Gasteiger partial charge in [-0.15, -0.1) is 20.5 Å². The summed E-state index contributed by atoms with van der Waals surface area (Å²) in [6.07, 6.45) is 0. The molecule has 1 unspecified atom stereocenters. The summed E-state index contributed by atoms with van der Waals surface area (Å²) in [7, 11) is -21.5. The Hall–Kier alpha value is -4.84. The van der Waals surface area contributed by atoms with Gasteiger partial charge in [0, 0.05) is 28.3 Å². The number of phenolic OH excluding ortho intramolecular Hbond substituents is 1. The quantitative estimate of drug-likeness (QED) is 0.0523. The highest BCUT2D eigenvalue weighted by Crippen LogP contribution is 2.47. The van der Waals surface area contributed by atoms with Crippen LogP contribution in [-0.4, -0.2) is 71.7 Å². The molecule has 272 valence electrons. The molecule has 51 heavy (non-hydrogen) atoms. The van der Waals surface area contributed by atoms with E-state index in [1.807, 2.05) is 5.32 Å². The van der Waals surface area contributed by atoms with E-state index in [1.54, 1.807) is 0 Å². The largest absolute Gasteiger partial charge is 0.768 e. The zero-order valence-corrected chi connectivity index (χ0v) is 28.8. The molecule has 0 aliphatic rings. The summed E-state index contributed by atoms with van der Waals surface area (Å²) in [6.45, 7) is 0.946. The van der Waals surface area contributed by atoms with Gasteiger partial charge in [-0.1, -0.05) is 0 Å². The van der Waals surface area contributed by atoms with Crippen molar-refractivity contribution in [2.24, 2.45) is 20.5 Å². The number of benzene rings is 4. The van der Waals surface area contributed by atoms with E-state index in [0.29, 0.717) is 24.3 Å². The molecule has 0 spiro atoms. The van der Waals surface area contributed by atoms with Gasteiger partial charge in [0.15, 0.2) is 5.75 Å². The predicted octanol–water partition coefficient (Wildman–Crippen LogP) is 3.14. The van der Waals surface area contributed by atoms with Gasteiger partial charge >= 0.3 is 0 Å². The highest BCUT2D eigenvalue weighted by molar-refractivity contribution is 7.87. The number of amides is 1. The van der Waals surface area contributed by atoms with Crippen LogP contribution in [0.2, 0.25) is 0 Å².